The number of urea groups is 1. The minimum absolute atomic E-state index is 0.144. The molecule has 2 N–H and O–H groups in total. The maximum Gasteiger partial charge on any atom is 0.322 e. The first kappa shape index (κ1) is 26.9. The van der Waals surface area contributed by atoms with Crippen molar-refractivity contribution in [2.24, 2.45) is 0 Å². The van der Waals surface area contributed by atoms with Gasteiger partial charge in [0, 0.05) is 16.1 Å². The number of carbonyl (C=O) groups is 2. The Bertz CT molecular complexity index is 1420. The molecule has 0 atom stereocenters. The van der Waals surface area contributed by atoms with Crippen LogP contribution in [0.3, 0.4) is 0 Å². The van der Waals surface area contributed by atoms with Crippen LogP contribution in [0, 0.1) is 6.92 Å². The van der Waals surface area contributed by atoms with Crippen molar-refractivity contribution < 1.29 is 14.3 Å². The highest BCUT2D eigenvalue weighted by atomic mass is 79.9. The second-order valence-electron chi connectivity index (χ2n) is 8.96. The van der Waals surface area contributed by atoms with E-state index in [-0.39, 0.29) is 24.5 Å². The molecule has 0 saturated heterocycles. The number of carbonyl (C=O) groups excluding carboxylic acids is 2. The van der Waals surface area contributed by atoms with Gasteiger partial charge in [-0.1, -0.05) is 42.5 Å². The fourth-order valence-electron chi connectivity index (χ4n) is 4.07. The number of benzene rings is 3. The predicted molar refractivity (Wildman–Crippen MR) is 154 cm³/mol. The summed E-state index contributed by atoms with van der Waals surface area (Å²) in [4.78, 5) is 28.0. The first-order valence-corrected chi connectivity index (χ1v) is 13.0. The molecule has 4 aromatic rings. The fraction of sp³-hybridized carbons (Fsp3) is 0.207. The Morgan fingerprint density at radius 3 is 2.26 bits per heavy atom. The van der Waals surface area contributed by atoms with Crippen molar-refractivity contribution in [3.63, 3.8) is 0 Å². The van der Waals surface area contributed by atoms with Gasteiger partial charge in [0.15, 0.2) is 0 Å². The SMILES string of the molecule is COc1ccc(-n2nc(C)c(-c3ccccc3)c2NC(=O)CN(C(=O)Nc2ccccc2Br)C(C)C)cc1. The van der Waals surface area contributed by atoms with Gasteiger partial charge in [-0.25, -0.2) is 9.48 Å². The first-order chi connectivity index (χ1) is 18.3. The van der Waals surface area contributed by atoms with Gasteiger partial charge in [-0.3, -0.25) is 4.79 Å². The molecular weight excluding hydrogens is 546 g/mol. The van der Waals surface area contributed by atoms with Crippen LogP contribution in [0.1, 0.15) is 19.5 Å². The smallest absolute Gasteiger partial charge is 0.322 e. The van der Waals surface area contributed by atoms with Crippen LogP contribution in [0.25, 0.3) is 16.8 Å². The zero-order valence-electron chi connectivity index (χ0n) is 21.7. The standard InChI is InChI=1S/C29H30BrN5O3/c1-19(2)34(29(37)31-25-13-9-8-12-24(25)30)18-26(36)32-28-27(21-10-6-5-7-11-21)20(3)33-35(28)22-14-16-23(38-4)17-15-22/h5-17,19H,18H2,1-4H3,(H,31,37)(H,32,36). The van der Waals surface area contributed by atoms with Gasteiger partial charge >= 0.3 is 6.03 Å². The van der Waals surface area contributed by atoms with Crippen LogP contribution in [0.2, 0.25) is 0 Å². The Hall–Kier alpha value is -4.11. The summed E-state index contributed by atoms with van der Waals surface area (Å²) in [7, 11) is 1.61. The zero-order chi connectivity index (χ0) is 27.2. The lowest BCUT2D eigenvalue weighted by Gasteiger charge is -2.26. The van der Waals surface area contributed by atoms with Crippen LogP contribution in [-0.2, 0) is 4.79 Å². The van der Waals surface area contributed by atoms with Gasteiger partial charge in [0.2, 0.25) is 5.91 Å². The number of methoxy groups -OCH3 is 1. The molecule has 0 radical (unpaired) electrons. The molecule has 0 unspecified atom stereocenters. The number of anilines is 2. The average Bonchev–Trinajstić information content (AvgIpc) is 3.24. The predicted octanol–water partition coefficient (Wildman–Crippen LogP) is 6.50. The summed E-state index contributed by atoms with van der Waals surface area (Å²) in [6.45, 7) is 5.50. The maximum absolute atomic E-state index is 13.4. The molecule has 0 aliphatic rings. The Morgan fingerprint density at radius 2 is 1.63 bits per heavy atom. The van der Waals surface area contributed by atoms with Crippen molar-refractivity contribution in [3.8, 4) is 22.6 Å². The summed E-state index contributed by atoms with van der Waals surface area (Å²) in [5.74, 6) is 0.904. The number of ether oxygens (including phenoxy) is 1. The number of nitrogens with one attached hydrogen (secondary N) is 2. The number of hydrogen-bond donors (Lipinski definition) is 2. The number of nitrogens with zero attached hydrogens (tertiary/aromatic N) is 3. The highest BCUT2D eigenvalue weighted by molar-refractivity contribution is 9.10. The maximum atomic E-state index is 13.4. The van der Waals surface area contributed by atoms with E-state index in [0.717, 1.165) is 32.7 Å². The first-order valence-electron chi connectivity index (χ1n) is 12.2. The van der Waals surface area contributed by atoms with Crippen molar-refractivity contribution >= 4 is 39.4 Å². The molecule has 9 heteroatoms. The Balaban J connectivity index is 1.64. The molecule has 38 heavy (non-hydrogen) atoms. The van der Waals surface area contributed by atoms with Gasteiger partial charge in [-0.15, -0.1) is 0 Å². The van der Waals surface area contributed by atoms with E-state index in [1.165, 1.54) is 4.90 Å². The number of aromatic nitrogens is 2. The summed E-state index contributed by atoms with van der Waals surface area (Å²) in [6.07, 6.45) is 0. The zero-order valence-corrected chi connectivity index (χ0v) is 23.3. The largest absolute Gasteiger partial charge is 0.497 e. The molecule has 0 spiro atoms. The second-order valence-corrected chi connectivity index (χ2v) is 9.82. The highest BCUT2D eigenvalue weighted by Crippen LogP contribution is 2.34. The minimum atomic E-state index is -0.370. The van der Waals surface area contributed by atoms with Crippen molar-refractivity contribution in [1.82, 2.24) is 14.7 Å². The molecule has 3 amide bonds. The van der Waals surface area contributed by atoms with E-state index in [9.17, 15) is 9.59 Å². The van der Waals surface area contributed by atoms with Crippen LogP contribution in [0.5, 0.6) is 5.75 Å². The lowest BCUT2D eigenvalue weighted by Crippen LogP contribution is -2.44. The van der Waals surface area contributed by atoms with Crippen LogP contribution in [0.4, 0.5) is 16.3 Å². The molecule has 1 heterocycles. The quantitative estimate of drug-likeness (QED) is 0.251. The number of aryl methyl sites for hydroxylation is 1. The van der Waals surface area contributed by atoms with E-state index >= 15 is 0 Å². The third-order valence-electron chi connectivity index (χ3n) is 6.01. The van der Waals surface area contributed by atoms with Crippen molar-refractivity contribution in [2.45, 2.75) is 26.8 Å². The van der Waals surface area contributed by atoms with Crippen LogP contribution in [-0.4, -0.2) is 46.3 Å². The topological polar surface area (TPSA) is 88.5 Å². The molecule has 3 aromatic carbocycles. The normalized spacial score (nSPS) is 10.8. The van der Waals surface area contributed by atoms with E-state index in [0.29, 0.717) is 11.5 Å². The van der Waals surface area contributed by atoms with Crippen molar-refractivity contribution in [2.75, 3.05) is 24.3 Å². The number of hydrogen-bond acceptors (Lipinski definition) is 4. The molecule has 8 nitrogen and oxygen atoms in total. The average molecular weight is 576 g/mol. The summed E-state index contributed by atoms with van der Waals surface area (Å²) in [5, 5.41) is 10.7. The minimum Gasteiger partial charge on any atom is -0.497 e. The van der Waals surface area contributed by atoms with E-state index in [4.69, 9.17) is 9.84 Å². The number of para-hydroxylation sites is 1. The molecule has 0 fully saturated rings. The molecule has 0 aliphatic carbocycles. The second kappa shape index (κ2) is 12.0. The number of halogens is 1. The molecule has 196 valence electrons. The lowest BCUT2D eigenvalue weighted by molar-refractivity contribution is -0.117. The van der Waals surface area contributed by atoms with Gasteiger partial charge in [-0.05, 0) is 78.7 Å². The Kier molecular flexibility index (Phi) is 8.48. The van der Waals surface area contributed by atoms with Gasteiger partial charge in [0.05, 0.1) is 24.2 Å². The molecule has 4 rings (SSSR count). The van der Waals surface area contributed by atoms with Crippen LogP contribution >= 0.6 is 15.9 Å². The van der Waals surface area contributed by atoms with Crippen LogP contribution < -0.4 is 15.4 Å². The molecule has 1 aromatic heterocycles. The van der Waals surface area contributed by atoms with Crippen molar-refractivity contribution in [1.29, 1.82) is 0 Å². The Morgan fingerprint density at radius 1 is 0.974 bits per heavy atom. The third kappa shape index (κ3) is 6.06. The van der Waals surface area contributed by atoms with Crippen molar-refractivity contribution in [3.05, 3.63) is 89.0 Å². The van der Waals surface area contributed by atoms with Crippen LogP contribution in [0.15, 0.2) is 83.3 Å². The summed E-state index contributed by atoms with van der Waals surface area (Å²) in [5.41, 5.74) is 3.88. The molecule has 0 saturated carbocycles. The van der Waals surface area contributed by atoms with E-state index in [1.807, 2.05) is 93.6 Å². The Labute approximate surface area is 230 Å². The molecule has 0 aliphatic heterocycles. The fourth-order valence-corrected chi connectivity index (χ4v) is 4.45. The van der Waals surface area contributed by atoms with E-state index in [2.05, 4.69) is 26.6 Å². The molecule has 0 bridgehead atoms. The van der Waals surface area contributed by atoms with E-state index in [1.54, 1.807) is 17.9 Å². The van der Waals surface area contributed by atoms with Gasteiger partial charge in [-0.2, -0.15) is 5.10 Å². The van der Waals surface area contributed by atoms with Gasteiger partial charge in [0.1, 0.15) is 18.1 Å². The summed E-state index contributed by atoms with van der Waals surface area (Å²) in [6, 6.07) is 24.0. The lowest BCUT2D eigenvalue weighted by atomic mass is 10.1. The number of rotatable bonds is 8. The van der Waals surface area contributed by atoms with E-state index < -0.39 is 0 Å². The number of amides is 3. The molecular formula is C29H30BrN5O3. The monoisotopic (exact) mass is 575 g/mol. The van der Waals surface area contributed by atoms with Gasteiger partial charge in [0.25, 0.3) is 0 Å². The van der Waals surface area contributed by atoms with Gasteiger partial charge < -0.3 is 20.3 Å². The summed E-state index contributed by atoms with van der Waals surface area (Å²) >= 11 is 3.45. The summed E-state index contributed by atoms with van der Waals surface area (Å²) < 4.78 is 7.75. The highest BCUT2D eigenvalue weighted by Gasteiger charge is 2.24. The third-order valence-corrected chi connectivity index (χ3v) is 6.70.